The molecule has 0 radical (unpaired) electrons. The van der Waals surface area contributed by atoms with Gasteiger partial charge in [-0.15, -0.1) is 0 Å². The molecule has 5 nitrogen and oxygen atoms in total. The number of anilines is 1. The van der Waals surface area contributed by atoms with Crippen LogP contribution in [0.1, 0.15) is 32.3 Å². The third-order valence-corrected chi connectivity index (χ3v) is 5.21. The highest BCUT2D eigenvalue weighted by Gasteiger charge is 2.18. The van der Waals surface area contributed by atoms with Gasteiger partial charge in [-0.3, -0.25) is 4.79 Å². The zero-order valence-electron chi connectivity index (χ0n) is 15.8. The van der Waals surface area contributed by atoms with Gasteiger partial charge in [-0.1, -0.05) is 36.7 Å². The van der Waals surface area contributed by atoms with Crippen molar-refractivity contribution in [2.24, 2.45) is 5.92 Å². The van der Waals surface area contributed by atoms with Gasteiger partial charge >= 0.3 is 0 Å². The van der Waals surface area contributed by atoms with Crippen LogP contribution >= 0.6 is 11.6 Å². The summed E-state index contributed by atoms with van der Waals surface area (Å²) in [6, 6.07) is 11.2. The van der Waals surface area contributed by atoms with Gasteiger partial charge in [0, 0.05) is 25.8 Å². The third-order valence-electron chi connectivity index (χ3n) is 4.89. The number of hydrogen-bond donors (Lipinski definition) is 1. The molecule has 1 unspecified atom stereocenters. The van der Waals surface area contributed by atoms with Crippen molar-refractivity contribution in [1.29, 1.82) is 0 Å². The lowest BCUT2D eigenvalue weighted by Gasteiger charge is -2.31. The summed E-state index contributed by atoms with van der Waals surface area (Å²) in [4.78, 5) is 19.1. The number of pyridine rings is 1. The molecule has 1 N–H and O–H groups in total. The van der Waals surface area contributed by atoms with Crippen molar-refractivity contribution in [1.82, 2.24) is 10.3 Å². The molecule has 0 bridgehead atoms. The van der Waals surface area contributed by atoms with E-state index in [-0.39, 0.29) is 5.91 Å². The standard InChI is InChI=1S/C21H26ClN3O2/c1-15-9-11-25(12-10-15)20-8-7-17(13-23-20)14-24-21(26)16(2)27-19-6-4-3-5-18(19)22/h3-8,13,15-16H,9-12,14H2,1-2H3,(H,24,26). The van der Waals surface area contributed by atoms with Crippen LogP contribution in [0.5, 0.6) is 5.75 Å². The third kappa shape index (κ3) is 5.36. The Labute approximate surface area is 165 Å². The quantitative estimate of drug-likeness (QED) is 0.812. The number of piperidine rings is 1. The minimum Gasteiger partial charge on any atom is -0.479 e. The minimum absolute atomic E-state index is 0.191. The van der Waals surface area contributed by atoms with Crippen molar-refractivity contribution in [2.75, 3.05) is 18.0 Å². The number of hydrogen-bond acceptors (Lipinski definition) is 4. The first-order chi connectivity index (χ1) is 13.0. The zero-order valence-corrected chi connectivity index (χ0v) is 16.6. The smallest absolute Gasteiger partial charge is 0.261 e. The number of nitrogens with one attached hydrogen (secondary N) is 1. The van der Waals surface area contributed by atoms with Crippen molar-refractivity contribution in [2.45, 2.75) is 39.3 Å². The Morgan fingerprint density at radius 1 is 1.30 bits per heavy atom. The predicted molar refractivity (Wildman–Crippen MR) is 108 cm³/mol. The van der Waals surface area contributed by atoms with Gasteiger partial charge in [0.25, 0.3) is 5.91 Å². The van der Waals surface area contributed by atoms with Crippen LogP contribution in [-0.2, 0) is 11.3 Å². The number of amides is 1. The fourth-order valence-electron chi connectivity index (χ4n) is 3.06. The summed E-state index contributed by atoms with van der Waals surface area (Å²) in [5.41, 5.74) is 0.961. The summed E-state index contributed by atoms with van der Waals surface area (Å²) in [5.74, 6) is 2.12. The van der Waals surface area contributed by atoms with Gasteiger partial charge in [0.1, 0.15) is 11.6 Å². The highest BCUT2D eigenvalue weighted by molar-refractivity contribution is 6.32. The van der Waals surface area contributed by atoms with Gasteiger partial charge in [-0.25, -0.2) is 4.98 Å². The first-order valence-electron chi connectivity index (χ1n) is 9.41. The number of benzene rings is 1. The average molecular weight is 388 g/mol. The Balaban J connectivity index is 1.49. The van der Waals surface area contributed by atoms with Gasteiger partial charge < -0.3 is 15.0 Å². The van der Waals surface area contributed by atoms with Crippen molar-refractivity contribution >= 4 is 23.3 Å². The summed E-state index contributed by atoms with van der Waals surface area (Å²) >= 11 is 6.06. The molecule has 27 heavy (non-hydrogen) atoms. The predicted octanol–water partition coefficient (Wildman–Crippen LogP) is 4.06. The van der Waals surface area contributed by atoms with E-state index >= 15 is 0 Å². The number of rotatable bonds is 6. The van der Waals surface area contributed by atoms with Crippen molar-refractivity contribution in [3.05, 3.63) is 53.2 Å². The van der Waals surface area contributed by atoms with E-state index < -0.39 is 6.10 Å². The molecule has 0 aliphatic carbocycles. The second-order valence-electron chi connectivity index (χ2n) is 7.10. The summed E-state index contributed by atoms with van der Waals surface area (Å²) < 4.78 is 5.64. The van der Waals surface area contributed by atoms with Crippen molar-refractivity contribution in [3.8, 4) is 5.75 Å². The molecule has 0 spiro atoms. The maximum atomic E-state index is 12.3. The first-order valence-corrected chi connectivity index (χ1v) is 9.79. The topological polar surface area (TPSA) is 54.5 Å². The maximum Gasteiger partial charge on any atom is 0.261 e. The lowest BCUT2D eigenvalue weighted by molar-refractivity contribution is -0.127. The Hall–Kier alpha value is -2.27. The lowest BCUT2D eigenvalue weighted by Crippen LogP contribution is -2.36. The molecule has 1 aromatic heterocycles. The van der Waals surface area contributed by atoms with Crippen molar-refractivity contribution in [3.63, 3.8) is 0 Å². The summed E-state index contributed by atoms with van der Waals surface area (Å²) in [6.45, 7) is 6.53. The zero-order chi connectivity index (χ0) is 19.2. The van der Waals surface area contributed by atoms with Crippen LogP contribution in [-0.4, -0.2) is 30.1 Å². The fourth-order valence-corrected chi connectivity index (χ4v) is 3.24. The van der Waals surface area contributed by atoms with Gasteiger partial charge in [0.15, 0.2) is 6.10 Å². The van der Waals surface area contributed by atoms with Gasteiger partial charge in [0.2, 0.25) is 0 Å². The van der Waals surface area contributed by atoms with Gasteiger partial charge in [0.05, 0.1) is 5.02 Å². The lowest BCUT2D eigenvalue weighted by atomic mass is 9.99. The normalized spacial score (nSPS) is 16.0. The molecule has 1 atom stereocenters. The molecule has 1 aliphatic heterocycles. The molecule has 2 heterocycles. The van der Waals surface area contributed by atoms with Crippen molar-refractivity contribution < 1.29 is 9.53 Å². The highest BCUT2D eigenvalue weighted by atomic mass is 35.5. The van der Waals surface area contributed by atoms with E-state index in [4.69, 9.17) is 16.3 Å². The Morgan fingerprint density at radius 3 is 2.70 bits per heavy atom. The monoisotopic (exact) mass is 387 g/mol. The van der Waals surface area contributed by atoms with E-state index in [9.17, 15) is 4.79 Å². The summed E-state index contributed by atoms with van der Waals surface area (Å²) in [6.07, 6.45) is 3.62. The average Bonchev–Trinajstić information content (AvgIpc) is 2.69. The van der Waals surface area contributed by atoms with Crippen LogP contribution in [0.15, 0.2) is 42.6 Å². The van der Waals surface area contributed by atoms with E-state index in [2.05, 4.69) is 22.1 Å². The molecule has 0 saturated carbocycles. The van der Waals surface area contributed by atoms with Gasteiger partial charge in [-0.05, 0) is 49.4 Å². The number of ether oxygens (including phenoxy) is 1. The van der Waals surface area contributed by atoms with E-state index in [0.29, 0.717) is 17.3 Å². The molecular formula is C21H26ClN3O2. The minimum atomic E-state index is -0.632. The molecular weight excluding hydrogens is 362 g/mol. The maximum absolute atomic E-state index is 12.3. The summed E-state index contributed by atoms with van der Waals surface area (Å²) in [7, 11) is 0. The Kier molecular flexibility index (Phi) is 6.56. The number of aromatic nitrogens is 1. The molecule has 6 heteroatoms. The second kappa shape index (κ2) is 9.09. The van der Waals surface area contributed by atoms with Crippen LogP contribution in [0.2, 0.25) is 5.02 Å². The van der Waals surface area contributed by atoms with E-state index in [1.165, 1.54) is 12.8 Å². The highest BCUT2D eigenvalue weighted by Crippen LogP contribution is 2.24. The van der Waals surface area contributed by atoms with Crippen LogP contribution in [0.4, 0.5) is 5.82 Å². The molecule has 144 valence electrons. The largest absolute Gasteiger partial charge is 0.479 e. The molecule has 2 aromatic rings. The molecule has 1 saturated heterocycles. The van der Waals surface area contributed by atoms with Crippen LogP contribution in [0.3, 0.4) is 0 Å². The first kappa shape index (κ1) is 19.5. The van der Waals surface area contributed by atoms with E-state index in [0.717, 1.165) is 30.4 Å². The number of nitrogens with zero attached hydrogens (tertiary/aromatic N) is 2. The number of halogens is 1. The second-order valence-corrected chi connectivity index (χ2v) is 7.51. The Bertz CT molecular complexity index is 758. The Morgan fingerprint density at radius 2 is 2.04 bits per heavy atom. The van der Waals surface area contributed by atoms with Crippen LogP contribution < -0.4 is 15.0 Å². The molecule has 1 aromatic carbocycles. The summed E-state index contributed by atoms with van der Waals surface area (Å²) in [5, 5.41) is 3.37. The molecule has 1 fully saturated rings. The van der Waals surface area contributed by atoms with Crippen LogP contribution in [0, 0.1) is 5.92 Å². The molecule has 1 amide bonds. The fraction of sp³-hybridized carbons (Fsp3) is 0.429. The van der Waals surface area contributed by atoms with Crippen LogP contribution in [0.25, 0.3) is 0 Å². The number of carbonyl (C=O) groups excluding carboxylic acids is 1. The SMILES string of the molecule is CC1CCN(c2ccc(CNC(=O)C(C)Oc3ccccc3Cl)cn2)CC1. The van der Waals surface area contributed by atoms with E-state index in [1.807, 2.05) is 30.5 Å². The number of carbonyl (C=O) groups is 1. The van der Waals surface area contributed by atoms with Gasteiger partial charge in [-0.2, -0.15) is 0 Å². The van der Waals surface area contributed by atoms with E-state index in [1.54, 1.807) is 19.1 Å². The number of para-hydroxylation sites is 1. The molecule has 3 rings (SSSR count). The molecule has 1 aliphatic rings.